The van der Waals surface area contributed by atoms with Crippen LogP contribution in [0.3, 0.4) is 0 Å². The number of carboxylic acid groups (broad SMARTS) is 1. The maximum absolute atomic E-state index is 13.3. The summed E-state index contributed by atoms with van der Waals surface area (Å²) in [6, 6.07) is 14.0. The van der Waals surface area contributed by atoms with Crippen LogP contribution in [0.2, 0.25) is 0 Å². The lowest BCUT2D eigenvalue weighted by Crippen LogP contribution is -2.50. The minimum Gasteiger partial charge on any atom is -0.478 e. The Morgan fingerprint density at radius 3 is 2.42 bits per heavy atom. The normalized spacial score (nSPS) is 21.2. The Hall–Kier alpha value is -3.19. The highest BCUT2D eigenvalue weighted by atomic mass is 16.6. The fourth-order valence-electron chi connectivity index (χ4n) is 5.00. The van der Waals surface area contributed by atoms with Gasteiger partial charge in [-0.05, 0) is 64.7 Å². The molecule has 36 heavy (non-hydrogen) atoms. The van der Waals surface area contributed by atoms with Crippen LogP contribution < -0.4 is 0 Å². The molecule has 192 valence electrons. The van der Waals surface area contributed by atoms with Gasteiger partial charge in [0.05, 0.1) is 11.3 Å². The molecule has 0 bridgehead atoms. The van der Waals surface area contributed by atoms with Crippen molar-refractivity contribution in [3.63, 3.8) is 0 Å². The monoisotopic (exact) mass is 491 g/mol. The summed E-state index contributed by atoms with van der Waals surface area (Å²) in [4.78, 5) is 33.0. The number of carbonyl (C=O) groups excluding carboxylic acids is 1. The molecule has 1 saturated carbocycles. The molecule has 2 atom stereocenters. The van der Waals surface area contributed by atoms with Crippen LogP contribution in [0.5, 0.6) is 0 Å². The number of rotatable bonds is 7. The van der Waals surface area contributed by atoms with Crippen LogP contribution in [-0.2, 0) is 11.3 Å². The van der Waals surface area contributed by atoms with Gasteiger partial charge < -0.3 is 14.7 Å². The highest BCUT2D eigenvalue weighted by Crippen LogP contribution is 2.44. The molecule has 1 aromatic heterocycles. The Morgan fingerprint density at radius 2 is 1.83 bits per heavy atom. The lowest BCUT2D eigenvalue weighted by Gasteiger charge is -2.39. The van der Waals surface area contributed by atoms with E-state index in [-0.39, 0.29) is 23.7 Å². The van der Waals surface area contributed by atoms with Gasteiger partial charge >= 0.3 is 12.1 Å². The molecule has 1 aliphatic carbocycles. The van der Waals surface area contributed by atoms with Gasteiger partial charge in [0.15, 0.2) is 0 Å². The zero-order chi connectivity index (χ0) is 25.9. The zero-order valence-corrected chi connectivity index (χ0v) is 21.7. The van der Waals surface area contributed by atoms with E-state index in [0.717, 1.165) is 38.0 Å². The van der Waals surface area contributed by atoms with Gasteiger partial charge in [-0.25, -0.2) is 9.59 Å². The number of hydrogen-bond donors (Lipinski definition) is 1. The second-order valence-electron chi connectivity index (χ2n) is 10.9. The van der Waals surface area contributed by atoms with Gasteiger partial charge in [-0.2, -0.15) is 0 Å². The van der Waals surface area contributed by atoms with Crippen molar-refractivity contribution in [3.8, 4) is 0 Å². The van der Waals surface area contributed by atoms with E-state index >= 15 is 0 Å². The van der Waals surface area contributed by atoms with Crippen LogP contribution in [0.15, 0.2) is 54.2 Å². The number of pyridine rings is 1. The van der Waals surface area contributed by atoms with E-state index < -0.39 is 11.6 Å². The van der Waals surface area contributed by atoms with Crippen LogP contribution >= 0.6 is 0 Å². The van der Waals surface area contributed by atoms with E-state index in [4.69, 9.17) is 9.84 Å². The maximum Gasteiger partial charge on any atom is 0.410 e. The summed E-state index contributed by atoms with van der Waals surface area (Å²) in [5, 5.41) is 9.07. The van der Waals surface area contributed by atoms with E-state index in [1.54, 1.807) is 12.1 Å². The van der Waals surface area contributed by atoms with E-state index in [0.29, 0.717) is 12.5 Å². The quantitative estimate of drug-likeness (QED) is 0.553. The Bertz CT molecular complexity index is 1080. The van der Waals surface area contributed by atoms with Gasteiger partial charge in [0.2, 0.25) is 0 Å². The first-order valence-corrected chi connectivity index (χ1v) is 12.8. The van der Waals surface area contributed by atoms with Crippen LogP contribution in [0.25, 0.3) is 6.08 Å². The molecule has 2 fully saturated rings. The van der Waals surface area contributed by atoms with Gasteiger partial charge in [-0.3, -0.25) is 9.88 Å². The fourth-order valence-corrected chi connectivity index (χ4v) is 5.00. The molecule has 1 amide bonds. The first-order valence-electron chi connectivity index (χ1n) is 12.8. The van der Waals surface area contributed by atoms with Crippen molar-refractivity contribution in [2.24, 2.45) is 5.92 Å². The van der Waals surface area contributed by atoms with E-state index in [1.807, 2.05) is 43.9 Å². The fraction of sp³-hybridized carbons (Fsp3) is 0.483. The first-order chi connectivity index (χ1) is 17.1. The predicted octanol–water partition coefficient (Wildman–Crippen LogP) is 5.47. The molecular formula is C29H37N3O4. The third-order valence-electron chi connectivity index (χ3n) is 6.90. The number of ether oxygens (including phenoxy) is 1. The third kappa shape index (κ3) is 6.72. The number of nitrogens with zero attached hydrogens (tertiary/aromatic N) is 3. The molecule has 1 aliphatic heterocycles. The topological polar surface area (TPSA) is 83.0 Å². The third-order valence-corrected chi connectivity index (χ3v) is 6.90. The van der Waals surface area contributed by atoms with Crippen LogP contribution in [0, 0.1) is 5.92 Å². The second-order valence-corrected chi connectivity index (χ2v) is 10.9. The summed E-state index contributed by atoms with van der Waals surface area (Å²) in [5.41, 5.74) is 2.99. The Kier molecular flexibility index (Phi) is 7.79. The molecular weight excluding hydrogens is 454 g/mol. The number of carboxylic acids is 1. The molecule has 4 rings (SSSR count). The molecule has 2 aliphatic rings. The smallest absolute Gasteiger partial charge is 0.410 e. The average Bonchev–Trinajstić information content (AvgIpc) is 3.61. The van der Waals surface area contributed by atoms with E-state index in [2.05, 4.69) is 35.0 Å². The summed E-state index contributed by atoms with van der Waals surface area (Å²) in [7, 11) is 0. The van der Waals surface area contributed by atoms with E-state index in [9.17, 15) is 9.59 Å². The molecule has 0 spiro atoms. The molecule has 1 aromatic carbocycles. The standard InChI is InChI=1S/C29H37N3O4/c1-20(16-21-8-6-5-7-9-21)25-17-26(25)32(28(35)36-29(2,3)4)24-12-14-31(15-13-24)19-23-11-10-22(18-30-23)27(33)34/h5-11,16,18,24-26H,12-15,17,19H2,1-4H3,(H,33,34)/t25-,26+/m0/s1. The van der Waals surface area contributed by atoms with Crippen molar-refractivity contribution in [1.29, 1.82) is 0 Å². The zero-order valence-electron chi connectivity index (χ0n) is 21.7. The number of aromatic carboxylic acids is 1. The van der Waals surface area contributed by atoms with Crippen molar-refractivity contribution in [3.05, 3.63) is 71.1 Å². The first kappa shape index (κ1) is 25.9. The highest BCUT2D eigenvalue weighted by Gasteiger charge is 2.48. The molecule has 1 saturated heterocycles. The lowest BCUT2D eigenvalue weighted by atomic mass is 10.0. The summed E-state index contributed by atoms with van der Waals surface area (Å²) in [5.74, 6) is -0.614. The van der Waals surface area contributed by atoms with Gasteiger partial charge in [-0.15, -0.1) is 0 Å². The number of likely N-dealkylation sites (tertiary alicyclic amines) is 1. The predicted molar refractivity (Wildman–Crippen MR) is 140 cm³/mol. The SMILES string of the molecule is CC(=Cc1ccccc1)[C@@H]1C[C@H]1N(C(=O)OC(C)(C)C)C1CCN(Cc2ccc(C(=O)O)cn2)CC1. The van der Waals surface area contributed by atoms with Gasteiger partial charge in [0, 0.05) is 43.8 Å². The van der Waals surface area contributed by atoms with Crippen LogP contribution in [0.1, 0.15) is 68.6 Å². The summed E-state index contributed by atoms with van der Waals surface area (Å²) < 4.78 is 5.85. The number of carbonyl (C=O) groups is 2. The van der Waals surface area contributed by atoms with Crippen molar-refractivity contribution in [2.75, 3.05) is 13.1 Å². The van der Waals surface area contributed by atoms with Crippen molar-refractivity contribution in [2.45, 2.75) is 71.2 Å². The molecule has 1 N–H and O–H groups in total. The molecule has 7 nitrogen and oxygen atoms in total. The van der Waals surface area contributed by atoms with Gasteiger partial charge in [0.1, 0.15) is 5.60 Å². The molecule has 2 heterocycles. The number of aromatic nitrogens is 1. The van der Waals surface area contributed by atoms with Crippen molar-refractivity contribution in [1.82, 2.24) is 14.8 Å². The van der Waals surface area contributed by atoms with Crippen LogP contribution in [0.4, 0.5) is 4.79 Å². The number of benzene rings is 1. The highest BCUT2D eigenvalue weighted by molar-refractivity contribution is 5.87. The second kappa shape index (κ2) is 10.8. The minimum absolute atomic E-state index is 0.137. The van der Waals surface area contributed by atoms with Crippen molar-refractivity contribution >= 4 is 18.1 Å². The van der Waals surface area contributed by atoms with Gasteiger partial charge in [-0.1, -0.05) is 42.0 Å². The maximum atomic E-state index is 13.3. The van der Waals surface area contributed by atoms with Gasteiger partial charge in [0.25, 0.3) is 0 Å². The minimum atomic E-state index is -0.968. The number of amides is 1. The van der Waals surface area contributed by atoms with E-state index in [1.165, 1.54) is 17.3 Å². The largest absolute Gasteiger partial charge is 0.478 e. The average molecular weight is 492 g/mol. The molecule has 0 unspecified atom stereocenters. The van der Waals surface area contributed by atoms with Crippen LogP contribution in [-0.4, -0.2) is 62.7 Å². The summed E-state index contributed by atoms with van der Waals surface area (Å²) in [6.07, 6.45) is 6.13. The Balaban J connectivity index is 1.41. The summed E-state index contributed by atoms with van der Waals surface area (Å²) >= 11 is 0. The lowest BCUT2D eigenvalue weighted by molar-refractivity contribution is 0.00437. The Labute approximate surface area is 213 Å². The Morgan fingerprint density at radius 1 is 1.14 bits per heavy atom. The van der Waals surface area contributed by atoms with Crippen molar-refractivity contribution < 1.29 is 19.4 Å². The summed E-state index contributed by atoms with van der Waals surface area (Å²) in [6.45, 7) is 10.3. The number of hydrogen-bond acceptors (Lipinski definition) is 5. The molecule has 2 aromatic rings. The molecule has 0 radical (unpaired) electrons. The number of piperidine rings is 1. The molecule has 7 heteroatoms.